The largest absolute Gasteiger partial charge is 0.372 e. The summed E-state index contributed by atoms with van der Waals surface area (Å²) >= 11 is 3.61. The topological polar surface area (TPSA) is 29.3 Å². The molecule has 0 spiro atoms. The second kappa shape index (κ2) is 6.58. The van der Waals surface area contributed by atoms with E-state index in [9.17, 15) is 0 Å². The third-order valence-corrected chi connectivity index (χ3v) is 4.04. The Labute approximate surface area is 120 Å². The average molecular weight is 313 g/mol. The highest BCUT2D eigenvalue weighted by Gasteiger charge is 2.13. The van der Waals surface area contributed by atoms with E-state index in [0.29, 0.717) is 12.0 Å². The van der Waals surface area contributed by atoms with E-state index in [0.717, 1.165) is 10.0 Å². The molecule has 1 rings (SSSR count). The fourth-order valence-electron chi connectivity index (χ4n) is 2.20. The van der Waals surface area contributed by atoms with Crippen molar-refractivity contribution in [3.63, 3.8) is 0 Å². The fourth-order valence-corrected chi connectivity index (χ4v) is 2.93. The summed E-state index contributed by atoms with van der Waals surface area (Å²) in [6.45, 7) is 8.80. The van der Waals surface area contributed by atoms with Gasteiger partial charge < -0.3 is 10.6 Å². The third kappa shape index (κ3) is 3.99. The van der Waals surface area contributed by atoms with Crippen molar-refractivity contribution in [2.75, 3.05) is 11.9 Å². The summed E-state index contributed by atoms with van der Waals surface area (Å²) in [5, 5.41) is 0. The zero-order valence-corrected chi connectivity index (χ0v) is 13.7. The van der Waals surface area contributed by atoms with E-state index < -0.39 is 0 Å². The van der Waals surface area contributed by atoms with Gasteiger partial charge in [-0.2, -0.15) is 0 Å². The Bertz CT molecular complexity index is 388. The van der Waals surface area contributed by atoms with Crippen LogP contribution in [0.1, 0.15) is 45.7 Å². The molecule has 0 aliphatic carbocycles. The van der Waals surface area contributed by atoms with Gasteiger partial charge in [0.1, 0.15) is 0 Å². The van der Waals surface area contributed by atoms with Crippen molar-refractivity contribution in [2.45, 2.75) is 46.2 Å². The smallest absolute Gasteiger partial charge is 0.0377 e. The van der Waals surface area contributed by atoms with Gasteiger partial charge in [0.05, 0.1) is 0 Å². The monoisotopic (exact) mass is 312 g/mol. The van der Waals surface area contributed by atoms with Gasteiger partial charge >= 0.3 is 0 Å². The molecule has 0 saturated heterocycles. The molecule has 0 radical (unpaired) electrons. The van der Waals surface area contributed by atoms with Crippen LogP contribution in [-0.2, 0) is 0 Å². The van der Waals surface area contributed by atoms with Crippen LogP contribution in [0.15, 0.2) is 22.7 Å². The fraction of sp³-hybridized carbons (Fsp3) is 0.600. The molecule has 2 unspecified atom stereocenters. The van der Waals surface area contributed by atoms with Crippen molar-refractivity contribution in [2.24, 2.45) is 11.7 Å². The molecule has 1 aromatic carbocycles. The highest BCUT2D eigenvalue weighted by Crippen LogP contribution is 2.28. The second-order valence-electron chi connectivity index (χ2n) is 5.58. The lowest BCUT2D eigenvalue weighted by molar-refractivity contribution is 0.504. The van der Waals surface area contributed by atoms with E-state index in [-0.39, 0.29) is 6.04 Å². The lowest BCUT2D eigenvalue weighted by Gasteiger charge is -2.29. The number of benzene rings is 1. The minimum absolute atomic E-state index is 0.0619. The van der Waals surface area contributed by atoms with Crippen LogP contribution >= 0.6 is 15.9 Å². The van der Waals surface area contributed by atoms with Gasteiger partial charge in [-0.05, 0) is 43.9 Å². The van der Waals surface area contributed by atoms with Crippen molar-refractivity contribution in [3.8, 4) is 0 Å². The Morgan fingerprint density at radius 1 is 1.22 bits per heavy atom. The SMILES string of the molecule is CC(C)CC(C)N(C)c1ccc(C(C)N)c(Br)c1. The number of halogens is 1. The third-order valence-electron chi connectivity index (χ3n) is 3.36. The van der Waals surface area contributed by atoms with Crippen molar-refractivity contribution >= 4 is 21.6 Å². The molecule has 0 amide bonds. The Balaban J connectivity index is 2.87. The Morgan fingerprint density at radius 3 is 2.28 bits per heavy atom. The van der Waals surface area contributed by atoms with Crippen LogP contribution in [0.4, 0.5) is 5.69 Å². The first-order valence-corrected chi connectivity index (χ1v) is 7.40. The Hall–Kier alpha value is -0.540. The molecule has 2 N–H and O–H groups in total. The van der Waals surface area contributed by atoms with Gasteiger partial charge in [0.15, 0.2) is 0 Å². The van der Waals surface area contributed by atoms with Gasteiger partial charge in [-0.1, -0.05) is 35.8 Å². The second-order valence-corrected chi connectivity index (χ2v) is 6.44. The van der Waals surface area contributed by atoms with Crippen molar-refractivity contribution in [1.29, 1.82) is 0 Å². The predicted octanol–water partition coefficient (Wildman–Crippen LogP) is 4.34. The zero-order valence-electron chi connectivity index (χ0n) is 12.1. The molecule has 0 aliphatic rings. The predicted molar refractivity (Wildman–Crippen MR) is 84.1 cm³/mol. The van der Waals surface area contributed by atoms with Gasteiger partial charge in [-0.3, -0.25) is 0 Å². The molecule has 0 fully saturated rings. The van der Waals surface area contributed by atoms with Crippen molar-refractivity contribution < 1.29 is 0 Å². The molecule has 0 bridgehead atoms. The molecular formula is C15H25BrN2. The molecular weight excluding hydrogens is 288 g/mol. The summed E-state index contributed by atoms with van der Waals surface area (Å²) in [6.07, 6.45) is 1.20. The Morgan fingerprint density at radius 2 is 1.83 bits per heavy atom. The lowest BCUT2D eigenvalue weighted by Crippen LogP contribution is -2.30. The quantitative estimate of drug-likeness (QED) is 0.876. The van der Waals surface area contributed by atoms with Crippen LogP contribution < -0.4 is 10.6 Å². The molecule has 102 valence electrons. The highest BCUT2D eigenvalue weighted by atomic mass is 79.9. The van der Waals surface area contributed by atoms with Gasteiger partial charge in [0, 0.05) is 29.3 Å². The van der Waals surface area contributed by atoms with Crippen LogP contribution in [0, 0.1) is 5.92 Å². The van der Waals surface area contributed by atoms with E-state index in [2.05, 4.69) is 66.8 Å². The molecule has 1 aromatic rings. The summed E-state index contributed by atoms with van der Waals surface area (Å²) in [4.78, 5) is 2.33. The first kappa shape index (κ1) is 15.5. The van der Waals surface area contributed by atoms with Crippen LogP contribution in [0.3, 0.4) is 0 Å². The summed E-state index contributed by atoms with van der Waals surface area (Å²) in [5.74, 6) is 0.717. The molecule has 0 aliphatic heterocycles. The van der Waals surface area contributed by atoms with E-state index in [1.165, 1.54) is 12.1 Å². The zero-order chi connectivity index (χ0) is 13.9. The number of nitrogens with zero attached hydrogens (tertiary/aromatic N) is 1. The molecule has 0 saturated carbocycles. The van der Waals surface area contributed by atoms with Gasteiger partial charge in [-0.25, -0.2) is 0 Å². The molecule has 0 heterocycles. The van der Waals surface area contributed by atoms with E-state index in [1.807, 2.05) is 6.92 Å². The van der Waals surface area contributed by atoms with E-state index in [1.54, 1.807) is 0 Å². The van der Waals surface area contributed by atoms with Gasteiger partial charge in [0.25, 0.3) is 0 Å². The van der Waals surface area contributed by atoms with Crippen LogP contribution in [0.25, 0.3) is 0 Å². The van der Waals surface area contributed by atoms with Crippen LogP contribution in [-0.4, -0.2) is 13.1 Å². The molecule has 18 heavy (non-hydrogen) atoms. The Kier molecular flexibility index (Phi) is 5.67. The molecule has 0 aromatic heterocycles. The van der Waals surface area contributed by atoms with Crippen LogP contribution in [0.5, 0.6) is 0 Å². The van der Waals surface area contributed by atoms with Crippen molar-refractivity contribution in [3.05, 3.63) is 28.2 Å². The molecule has 2 nitrogen and oxygen atoms in total. The highest BCUT2D eigenvalue weighted by molar-refractivity contribution is 9.10. The van der Waals surface area contributed by atoms with E-state index in [4.69, 9.17) is 5.73 Å². The maximum atomic E-state index is 5.92. The summed E-state index contributed by atoms with van der Waals surface area (Å²) < 4.78 is 1.10. The normalized spacial score (nSPS) is 14.7. The van der Waals surface area contributed by atoms with Gasteiger partial charge in [0.2, 0.25) is 0 Å². The number of hydrogen-bond donors (Lipinski definition) is 1. The first-order chi connectivity index (χ1) is 8.32. The number of anilines is 1. The van der Waals surface area contributed by atoms with Crippen molar-refractivity contribution in [1.82, 2.24) is 0 Å². The number of nitrogens with two attached hydrogens (primary N) is 1. The summed E-state index contributed by atoms with van der Waals surface area (Å²) in [7, 11) is 2.15. The lowest BCUT2D eigenvalue weighted by atomic mass is 10.0. The van der Waals surface area contributed by atoms with Crippen LogP contribution in [0.2, 0.25) is 0 Å². The molecule has 2 atom stereocenters. The standard InChI is InChI=1S/C15H25BrN2/c1-10(2)8-11(3)18(5)13-6-7-14(12(4)17)15(16)9-13/h6-7,9-12H,8,17H2,1-5H3. The number of hydrogen-bond acceptors (Lipinski definition) is 2. The molecule has 3 heteroatoms. The maximum Gasteiger partial charge on any atom is 0.0377 e. The summed E-state index contributed by atoms with van der Waals surface area (Å²) in [6, 6.07) is 7.03. The van der Waals surface area contributed by atoms with Gasteiger partial charge in [-0.15, -0.1) is 0 Å². The number of rotatable bonds is 5. The summed E-state index contributed by atoms with van der Waals surface area (Å²) in [5.41, 5.74) is 8.31. The minimum atomic E-state index is 0.0619. The first-order valence-electron chi connectivity index (χ1n) is 6.60. The van der Waals surface area contributed by atoms with E-state index >= 15 is 0 Å². The average Bonchev–Trinajstić information content (AvgIpc) is 2.26. The maximum absolute atomic E-state index is 5.92. The minimum Gasteiger partial charge on any atom is -0.372 e.